The number of aliphatic hydroxyl groups excluding tert-OH is 1. The molecule has 4 nitrogen and oxygen atoms in total. The molecule has 0 saturated carbocycles. The maximum atomic E-state index is 11.1. The number of sulfone groups is 1. The zero-order chi connectivity index (χ0) is 12.3. The first-order chi connectivity index (χ1) is 7.28. The largest absolute Gasteiger partial charge is 0.393 e. The summed E-state index contributed by atoms with van der Waals surface area (Å²) in [6.07, 6.45) is 2.05. The summed E-state index contributed by atoms with van der Waals surface area (Å²) < 4.78 is 22.3. The van der Waals surface area contributed by atoms with E-state index in [0.717, 1.165) is 26.1 Å². The zero-order valence-corrected chi connectivity index (χ0v) is 11.2. The van der Waals surface area contributed by atoms with Gasteiger partial charge >= 0.3 is 0 Å². The van der Waals surface area contributed by atoms with Crippen molar-refractivity contribution >= 4 is 9.84 Å². The molecule has 16 heavy (non-hydrogen) atoms. The Labute approximate surface area is 98.6 Å². The second kappa shape index (κ2) is 5.47. The minimum atomic E-state index is -2.87. The van der Waals surface area contributed by atoms with Crippen LogP contribution in [0.5, 0.6) is 0 Å². The fraction of sp³-hybridized carbons (Fsp3) is 1.00. The molecule has 0 aromatic rings. The molecule has 1 fully saturated rings. The Hall–Kier alpha value is -0.130. The van der Waals surface area contributed by atoms with Gasteiger partial charge in [0, 0.05) is 19.3 Å². The Bertz CT molecular complexity index is 313. The van der Waals surface area contributed by atoms with E-state index in [9.17, 15) is 13.5 Å². The normalized spacial score (nSPS) is 26.9. The molecule has 0 aliphatic carbocycles. The van der Waals surface area contributed by atoms with Crippen LogP contribution in [0.4, 0.5) is 0 Å². The standard InChI is InChI=1S/C11H23NO3S/c1-9(8-16(3,14)15)6-12-5-4-11(7-12)10(2)13/h9-11,13H,4-8H2,1-3H3. The van der Waals surface area contributed by atoms with E-state index in [0.29, 0.717) is 5.92 Å². The summed E-state index contributed by atoms with van der Waals surface area (Å²) in [7, 11) is -2.87. The number of nitrogens with zero attached hydrogens (tertiary/aromatic N) is 1. The summed E-state index contributed by atoms with van der Waals surface area (Å²) in [4.78, 5) is 2.26. The first kappa shape index (κ1) is 13.9. The number of hydrogen-bond acceptors (Lipinski definition) is 4. The van der Waals surface area contributed by atoms with Crippen LogP contribution >= 0.6 is 0 Å². The second-order valence-electron chi connectivity index (χ2n) is 5.25. The van der Waals surface area contributed by atoms with Gasteiger partial charge in [0.2, 0.25) is 0 Å². The lowest BCUT2D eigenvalue weighted by Crippen LogP contribution is -2.30. The number of likely N-dealkylation sites (tertiary alicyclic amines) is 1. The summed E-state index contributed by atoms with van der Waals surface area (Å²) in [5, 5.41) is 9.47. The van der Waals surface area contributed by atoms with Crippen molar-refractivity contribution in [1.29, 1.82) is 0 Å². The van der Waals surface area contributed by atoms with Gasteiger partial charge in [-0.25, -0.2) is 8.42 Å². The van der Waals surface area contributed by atoms with Gasteiger partial charge in [-0.2, -0.15) is 0 Å². The van der Waals surface area contributed by atoms with Crippen molar-refractivity contribution in [2.75, 3.05) is 31.6 Å². The van der Waals surface area contributed by atoms with E-state index < -0.39 is 9.84 Å². The highest BCUT2D eigenvalue weighted by Gasteiger charge is 2.27. The Kier molecular flexibility index (Phi) is 4.76. The predicted octanol–water partition coefficient (Wildman–Crippen LogP) is 0.370. The van der Waals surface area contributed by atoms with Crippen LogP contribution < -0.4 is 0 Å². The van der Waals surface area contributed by atoms with E-state index in [1.165, 1.54) is 6.26 Å². The first-order valence-corrected chi connectivity index (χ1v) is 7.92. The second-order valence-corrected chi connectivity index (χ2v) is 7.43. The van der Waals surface area contributed by atoms with E-state index in [-0.39, 0.29) is 17.8 Å². The molecule has 0 aromatic carbocycles. The molecule has 1 saturated heterocycles. The highest BCUT2D eigenvalue weighted by Crippen LogP contribution is 2.20. The molecule has 0 bridgehead atoms. The van der Waals surface area contributed by atoms with Crippen LogP contribution in [0.3, 0.4) is 0 Å². The number of aliphatic hydroxyl groups is 1. The third-order valence-corrected chi connectivity index (χ3v) is 4.32. The summed E-state index contributed by atoms with van der Waals surface area (Å²) in [6.45, 7) is 6.48. The molecular formula is C11H23NO3S. The smallest absolute Gasteiger partial charge is 0.147 e. The SMILES string of the molecule is CC(CN1CCC(C(C)O)C1)CS(C)(=O)=O. The van der Waals surface area contributed by atoms with Crippen molar-refractivity contribution in [2.24, 2.45) is 11.8 Å². The molecule has 1 aliphatic heterocycles. The monoisotopic (exact) mass is 249 g/mol. The Morgan fingerprint density at radius 3 is 2.50 bits per heavy atom. The van der Waals surface area contributed by atoms with E-state index in [1.807, 2.05) is 13.8 Å². The van der Waals surface area contributed by atoms with Gasteiger partial charge in [0.1, 0.15) is 9.84 Å². The first-order valence-electron chi connectivity index (χ1n) is 5.86. The Balaban J connectivity index is 2.34. The minimum Gasteiger partial charge on any atom is -0.393 e. The van der Waals surface area contributed by atoms with Crippen LogP contribution in [0, 0.1) is 11.8 Å². The van der Waals surface area contributed by atoms with Gasteiger partial charge in [-0.3, -0.25) is 0 Å². The van der Waals surface area contributed by atoms with Gasteiger partial charge in [-0.05, 0) is 31.7 Å². The summed E-state index contributed by atoms with van der Waals surface area (Å²) >= 11 is 0. The zero-order valence-electron chi connectivity index (χ0n) is 10.4. The molecule has 1 rings (SSSR count). The summed E-state index contributed by atoms with van der Waals surface area (Å²) in [6, 6.07) is 0. The topological polar surface area (TPSA) is 57.6 Å². The molecule has 1 heterocycles. The molecule has 0 aromatic heterocycles. The quantitative estimate of drug-likeness (QED) is 0.765. The summed E-state index contributed by atoms with van der Waals surface area (Å²) in [5.74, 6) is 0.774. The molecule has 1 N–H and O–H groups in total. The van der Waals surface area contributed by atoms with Crippen LogP contribution in [-0.2, 0) is 9.84 Å². The lowest BCUT2D eigenvalue weighted by Gasteiger charge is -2.21. The van der Waals surface area contributed by atoms with Crippen LogP contribution in [0.25, 0.3) is 0 Å². The lowest BCUT2D eigenvalue weighted by molar-refractivity contribution is 0.126. The van der Waals surface area contributed by atoms with E-state index in [4.69, 9.17) is 0 Å². The molecule has 0 amide bonds. The van der Waals surface area contributed by atoms with Crippen molar-refractivity contribution < 1.29 is 13.5 Å². The van der Waals surface area contributed by atoms with Gasteiger partial charge in [0.25, 0.3) is 0 Å². The predicted molar refractivity (Wildman–Crippen MR) is 65.1 cm³/mol. The average molecular weight is 249 g/mol. The van der Waals surface area contributed by atoms with E-state index >= 15 is 0 Å². The Morgan fingerprint density at radius 1 is 1.44 bits per heavy atom. The minimum absolute atomic E-state index is 0.169. The fourth-order valence-corrected chi connectivity index (χ4v) is 3.57. The van der Waals surface area contributed by atoms with Gasteiger partial charge in [-0.1, -0.05) is 6.92 Å². The maximum absolute atomic E-state index is 11.1. The van der Waals surface area contributed by atoms with E-state index in [2.05, 4.69) is 4.90 Å². The molecule has 1 aliphatic rings. The van der Waals surface area contributed by atoms with Crippen LogP contribution in [0.2, 0.25) is 0 Å². The molecule has 3 unspecified atom stereocenters. The maximum Gasteiger partial charge on any atom is 0.147 e. The van der Waals surface area contributed by atoms with Crippen molar-refractivity contribution in [2.45, 2.75) is 26.4 Å². The molecule has 96 valence electrons. The number of rotatable bonds is 5. The summed E-state index contributed by atoms with van der Waals surface area (Å²) in [5.41, 5.74) is 0. The molecule has 0 spiro atoms. The number of hydrogen-bond donors (Lipinski definition) is 1. The van der Waals surface area contributed by atoms with Gasteiger partial charge in [0.05, 0.1) is 11.9 Å². The van der Waals surface area contributed by atoms with Crippen molar-refractivity contribution in [1.82, 2.24) is 4.90 Å². The molecule has 0 radical (unpaired) electrons. The highest BCUT2D eigenvalue weighted by atomic mass is 32.2. The van der Waals surface area contributed by atoms with Gasteiger partial charge in [0.15, 0.2) is 0 Å². The van der Waals surface area contributed by atoms with E-state index in [1.54, 1.807) is 0 Å². The average Bonchev–Trinajstić information content (AvgIpc) is 2.48. The third kappa shape index (κ3) is 4.80. The fourth-order valence-electron chi connectivity index (χ4n) is 2.43. The van der Waals surface area contributed by atoms with Crippen molar-refractivity contribution in [3.63, 3.8) is 0 Å². The molecule has 5 heteroatoms. The Morgan fingerprint density at radius 2 is 2.06 bits per heavy atom. The third-order valence-electron chi connectivity index (χ3n) is 3.15. The van der Waals surface area contributed by atoms with Crippen molar-refractivity contribution in [3.05, 3.63) is 0 Å². The molecule has 3 atom stereocenters. The molecular weight excluding hydrogens is 226 g/mol. The van der Waals surface area contributed by atoms with Gasteiger partial charge < -0.3 is 10.0 Å². The lowest BCUT2D eigenvalue weighted by atomic mass is 10.0. The van der Waals surface area contributed by atoms with Crippen molar-refractivity contribution in [3.8, 4) is 0 Å². The highest BCUT2D eigenvalue weighted by molar-refractivity contribution is 7.90. The van der Waals surface area contributed by atoms with Crippen LogP contribution in [-0.4, -0.2) is 56.2 Å². The van der Waals surface area contributed by atoms with Gasteiger partial charge in [-0.15, -0.1) is 0 Å². The van der Waals surface area contributed by atoms with Crippen LogP contribution in [0.1, 0.15) is 20.3 Å². The van der Waals surface area contributed by atoms with Crippen LogP contribution in [0.15, 0.2) is 0 Å².